The van der Waals surface area contributed by atoms with Crippen molar-refractivity contribution in [2.75, 3.05) is 13.1 Å². The number of amides is 1. The van der Waals surface area contributed by atoms with Gasteiger partial charge < -0.3 is 15.1 Å². The van der Waals surface area contributed by atoms with E-state index in [0.29, 0.717) is 17.3 Å². The fraction of sp³-hybridized carbons (Fsp3) is 0.375. The third-order valence-electron chi connectivity index (χ3n) is 3.70. The molecular formula is C16H20ClN3O2. The molecule has 1 aliphatic heterocycles. The number of rotatable bonds is 3. The molecule has 2 N–H and O–H groups in total. The SMILES string of the molecule is Cc1nc(-c2ccccc2)oc1C(=O)NC1CCNCC1.Cl. The van der Waals surface area contributed by atoms with E-state index in [4.69, 9.17) is 4.42 Å². The minimum absolute atomic E-state index is 0. The Hall–Kier alpha value is -1.85. The number of halogens is 1. The van der Waals surface area contributed by atoms with Gasteiger partial charge in [0.1, 0.15) is 0 Å². The normalized spacial score (nSPS) is 15.1. The lowest BCUT2D eigenvalue weighted by molar-refractivity contribution is 0.0901. The van der Waals surface area contributed by atoms with Crippen LogP contribution >= 0.6 is 12.4 Å². The molecule has 2 heterocycles. The molecule has 0 bridgehead atoms. The Morgan fingerprint density at radius 1 is 1.27 bits per heavy atom. The molecule has 0 aliphatic carbocycles. The molecule has 2 aromatic rings. The van der Waals surface area contributed by atoms with Crippen LogP contribution in [0.2, 0.25) is 0 Å². The van der Waals surface area contributed by atoms with Crippen molar-refractivity contribution in [1.82, 2.24) is 15.6 Å². The van der Waals surface area contributed by atoms with E-state index < -0.39 is 0 Å². The average Bonchev–Trinajstić information content (AvgIpc) is 2.91. The molecule has 0 saturated carbocycles. The standard InChI is InChI=1S/C16H19N3O2.ClH/c1-11-14(15(20)19-13-7-9-17-10-8-13)21-16(18-11)12-5-3-2-4-6-12;/h2-6,13,17H,7-10H2,1H3,(H,19,20);1H. The summed E-state index contributed by atoms with van der Waals surface area (Å²) in [4.78, 5) is 16.7. The Balaban J connectivity index is 0.00000176. The minimum atomic E-state index is -0.172. The highest BCUT2D eigenvalue weighted by Gasteiger charge is 2.22. The maximum atomic E-state index is 12.3. The van der Waals surface area contributed by atoms with Crippen LogP contribution in [-0.4, -0.2) is 30.0 Å². The van der Waals surface area contributed by atoms with Gasteiger partial charge in [-0.05, 0) is 45.0 Å². The van der Waals surface area contributed by atoms with Crippen LogP contribution in [-0.2, 0) is 0 Å². The number of hydrogen-bond acceptors (Lipinski definition) is 4. The Kier molecular flexibility index (Phi) is 5.57. The van der Waals surface area contributed by atoms with Crippen molar-refractivity contribution in [1.29, 1.82) is 0 Å². The number of hydrogen-bond donors (Lipinski definition) is 2. The molecule has 0 unspecified atom stereocenters. The van der Waals surface area contributed by atoms with Crippen LogP contribution < -0.4 is 10.6 Å². The Labute approximate surface area is 135 Å². The molecule has 1 aliphatic rings. The third kappa shape index (κ3) is 3.67. The Morgan fingerprint density at radius 2 is 1.95 bits per heavy atom. The first kappa shape index (κ1) is 16.5. The first-order valence-electron chi connectivity index (χ1n) is 7.28. The fourth-order valence-corrected chi connectivity index (χ4v) is 2.53. The number of nitrogens with zero attached hydrogens (tertiary/aromatic N) is 1. The summed E-state index contributed by atoms with van der Waals surface area (Å²) in [7, 11) is 0. The summed E-state index contributed by atoms with van der Waals surface area (Å²) in [6, 6.07) is 9.82. The average molecular weight is 322 g/mol. The van der Waals surface area contributed by atoms with Crippen molar-refractivity contribution >= 4 is 18.3 Å². The summed E-state index contributed by atoms with van der Waals surface area (Å²) in [6.07, 6.45) is 1.90. The van der Waals surface area contributed by atoms with Gasteiger partial charge in [-0.15, -0.1) is 12.4 Å². The Morgan fingerprint density at radius 3 is 2.64 bits per heavy atom. The second-order valence-corrected chi connectivity index (χ2v) is 5.30. The van der Waals surface area contributed by atoms with E-state index in [1.165, 1.54) is 0 Å². The van der Waals surface area contributed by atoms with E-state index in [1.807, 2.05) is 30.3 Å². The van der Waals surface area contributed by atoms with Gasteiger partial charge in [-0.25, -0.2) is 4.98 Å². The number of oxazole rings is 1. The smallest absolute Gasteiger partial charge is 0.289 e. The lowest BCUT2D eigenvalue weighted by Gasteiger charge is -2.23. The van der Waals surface area contributed by atoms with Gasteiger partial charge in [0.2, 0.25) is 11.7 Å². The second-order valence-electron chi connectivity index (χ2n) is 5.30. The number of nitrogens with one attached hydrogen (secondary N) is 2. The highest BCUT2D eigenvalue weighted by atomic mass is 35.5. The fourth-order valence-electron chi connectivity index (χ4n) is 2.53. The van der Waals surface area contributed by atoms with E-state index in [2.05, 4.69) is 15.6 Å². The van der Waals surface area contributed by atoms with Crippen LogP contribution in [0.25, 0.3) is 11.5 Å². The molecule has 0 atom stereocenters. The number of piperidine rings is 1. The van der Waals surface area contributed by atoms with E-state index >= 15 is 0 Å². The molecule has 3 rings (SSSR count). The summed E-state index contributed by atoms with van der Waals surface area (Å²) in [6.45, 7) is 3.68. The highest BCUT2D eigenvalue weighted by Crippen LogP contribution is 2.21. The highest BCUT2D eigenvalue weighted by molar-refractivity contribution is 5.93. The number of carbonyl (C=O) groups excluding carboxylic acids is 1. The first-order valence-corrected chi connectivity index (χ1v) is 7.28. The predicted octanol–water partition coefficient (Wildman–Crippen LogP) is 2.55. The lowest BCUT2D eigenvalue weighted by atomic mass is 10.1. The van der Waals surface area contributed by atoms with Crippen molar-refractivity contribution < 1.29 is 9.21 Å². The summed E-state index contributed by atoms with van der Waals surface area (Å²) in [5, 5.41) is 6.31. The van der Waals surface area contributed by atoms with Crippen LogP contribution in [0.15, 0.2) is 34.7 Å². The van der Waals surface area contributed by atoms with Gasteiger partial charge in [0.25, 0.3) is 5.91 Å². The van der Waals surface area contributed by atoms with Gasteiger partial charge in [0, 0.05) is 11.6 Å². The second kappa shape index (κ2) is 7.42. The van der Waals surface area contributed by atoms with Gasteiger partial charge in [-0.1, -0.05) is 18.2 Å². The van der Waals surface area contributed by atoms with Gasteiger partial charge in [0.15, 0.2) is 0 Å². The van der Waals surface area contributed by atoms with Gasteiger partial charge in [0.05, 0.1) is 5.69 Å². The van der Waals surface area contributed by atoms with Crippen molar-refractivity contribution in [3.05, 3.63) is 41.8 Å². The summed E-state index contributed by atoms with van der Waals surface area (Å²) >= 11 is 0. The first-order chi connectivity index (χ1) is 10.2. The van der Waals surface area contributed by atoms with Crippen molar-refractivity contribution in [3.63, 3.8) is 0 Å². The van der Waals surface area contributed by atoms with Crippen molar-refractivity contribution in [2.45, 2.75) is 25.8 Å². The lowest BCUT2D eigenvalue weighted by Crippen LogP contribution is -2.42. The van der Waals surface area contributed by atoms with Crippen LogP contribution in [0.1, 0.15) is 29.1 Å². The zero-order valence-corrected chi connectivity index (χ0v) is 13.3. The molecule has 22 heavy (non-hydrogen) atoms. The largest absolute Gasteiger partial charge is 0.431 e. The number of carbonyl (C=O) groups is 1. The van der Waals surface area contributed by atoms with E-state index in [-0.39, 0.29) is 24.4 Å². The van der Waals surface area contributed by atoms with Gasteiger partial charge in [-0.2, -0.15) is 0 Å². The molecule has 118 valence electrons. The van der Waals surface area contributed by atoms with Crippen molar-refractivity contribution in [3.8, 4) is 11.5 Å². The molecule has 0 spiro atoms. The zero-order valence-electron chi connectivity index (χ0n) is 12.5. The third-order valence-corrected chi connectivity index (χ3v) is 3.70. The van der Waals surface area contributed by atoms with Crippen LogP contribution in [0, 0.1) is 6.92 Å². The molecule has 1 fully saturated rings. The van der Waals surface area contributed by atoms with E-state index in [0.717, 1.165) is 31.5 Å². The molecular weight excluding hydrogens is 302 g/mol. The molecule has 1 saturated heterocycles. The number of aromatic nitrogens is 1. The molecule has 1 aromatic heterocycles. The zero-order chi connectivity index (χ0) is 14.7. The topological polar surface area (TPSA) is 67.2 Å². The maximum Gasteiger partial charge on any atom is 0.289 e. The minimum Gasteiger partial charge on any atom is -0.431 e. The Bertz CT molecular complexity index is 622. The van der Waals surface area contributed by atoms with Gasteiger partial charge in [-0.3, -0.25) is 4.79 Å². The quantitative estimate of drug-likeness (QED) is 0.911. The summed E-state index contributed by atoms with van der Waals surface area (Å²) in [5.41, 5.74) is 1.50. The van der Waals surface area contributed by atoms with E-state index in [1.54, 1.807) is 6.92 Å². The monoisotopic (exact) mass is 321 g/mol. The number of benzene rings is 1. The van der Waals surface area contributed by atoms with Crippen molar-refractivity contribution in [2.24, 2.45) is 0 Å². The molecule has 1 amide bonds. The van der Waals surface area contributed by atoms with Crippen LogP contribution in [0.5, 0.6) is 0 Å². The molecule has 5 nitrogen and oxygen atoms in total. The molecule has 0 radical (unpaired) electrons. The summed E-state index contributed by atoms with van der Waals surface area (Å²) in [5.74, 6) is 0.630. The van der Waals surface area contributed by atoms with E-state index in [9.17, 15) is 4.79 Å². The summed E-state index contributed by atoms with van der Waals surface area (Å²) < 4.78 is 5.67. The van der Waals surface area contributed by atoms with Crippen LogP contribution in [0.3, 0.4) is 0 Å². The molecule has 1 aromatic carbocycles. The molecule has 6 heteroatoms. The predicted molar refractivity (Wildman–Crippen MR) is 87.3 cm³/mol. The van der Waals surface area contributed by atoms with Gasteiger partial charge >= 0.3 is 0 Å². The maximum absolute atomic E-state index is 12.3. The van der Waals surface area contributed by atoms with Crippen LogP contribution in [0.4, 0.5) is 0 Å². The number of aryl methyl sites for hydroxylation is 1.